The van der Waals surface area contributed by atoms with Gasteiger partial charge in [-0.05, 0) is 59.1 Å². The van der Waals surface area contributed by atoms with Crippen LogP contribution in [0.3, 0.4) is 0 Å². The summed E-state index contributed by atoms with van der Waals surface area (Å²) in [5, 5.41) is 7.46. The second-order valence-electron chi connectivity index (χ2n) is 6.75. The van der Waals surface area contributed by atoms with Crippen LogP contribution < -0.4 is 5.32 Å². The summed E-state index contributed by atoms with van der Waals surface area (Å²) in [5.74, 6) is -1.32. The number of thiophene rings is 1. The number of nitrogens with zero attached hydrogens (tertiary/aromatic N) is 1. The summed E-state index contributed by atoms with van der Waals surface area (Å²) >= 11 is 7.52. The molecule has 3 aromatic rings. The van der Waals surface area contributed by atoms with Gasteiger partial charge in [0.15, 0.2) is 0 Å². The molecule has 0 bridgehead atoms. The SMILES string of the molecule is CC(C(=O)NC(c1ccc(Cl)cc1)c1ccsc1)N1C(=O)c2ccccc2C1=O. The molecule has 0 saturated carbocycles. The Morgan fingerprint density at radius 3 is 2.14 bits per heavy atom. The quantitative estimate of drug-likeness (QED) is 0.621. The highest BCUT2D eigenvalue weighted by Crippen LogP contribution is 2.28. The van der Waals surface area contributed by atoms with E-state index in [1.165, 1.54) is 11.3 Å². The van der Waals surface area contributed by atoms with Crippen molar-refractivity contribution in [2.24, 2.45) is 0 Å². The summed E-state index contributed by atoms with van der Waals surface area (Å²) in [4.78, 5) is 39.4. The lowest BCUT2D eigenvalue weighted by molar-refractivity contribution is -0.125. The number of hydrogen-bond acceptors (Lipinski definition) is 4. The molecule has 2 unspecified atom stereocenters. The van der Waals surface area contributed by atoms with E-state index < -0.39 is 29.8 Å². The van der Waals surface area contributed by atoms with E-state index in [4.69, 9.17) is 11.6 Å². The fourth-order valence-corrected chi connectivity index (χ4v) is 4.21. The summed E-state index contributed by atoms with van der Waals surface area (Å²) in [6.45, 7) is 1.56. The van der Waals surface area contributed by atoms with Gasteiger partial charge in [0.1, 0.15) is 6.04 Å². The minimum absolute atomic E-state index is 0.323. The van der Waals surface area contributed by atoms with Gasteiger partial charge in [-0.25, -0.2) is 0 Å². The van der Waals surface area contributed by atoms with Crippen molar-refractivity contribution in [2.75, 3.05) is 0 Å². The molecule has 146 valence electrons. The zero-order valence-corrected chi connectivity index (χ0v) is 17.0. The van der Waals surface area contributed by atoms with Gasteiger partial charge >= 0.3 is 0 Å². The summed E-state index contributed by atoms with van der Waals surface area (Å²) in [6.07, 6.45) is 0. The Bertz CT molecular complexity index is 1040. The first-order valence-corrected chi connectivity index (χ1v) is 10.3. The van der Waals surface area contributed by atoms with Crippen LogP contribution in [0.5, 0.6) is 0 Å². The number of benzene rings is 2. The minimum atomic E-state index is -0.948. The van der Waals surface area contributed by atoms with E-state index in [1.807, 2.05) is 29.0 Å². The van der Waals surface area contributed by atoms with E-state index in [-0.39, 0.29) is 0 Å². The molecule has 1 N–H and O–H groups in total. The number of halogens is 1. The van der Waals surface area contributed by atoms with Crippen molar-refractivity contribution in [3.63, 3.8) is 0 Å². The number of nitrogens with one attached hydrogen (secondary N) is 1. The average Bonchev–Trinajstić information content (AvgIpc) is 3.34. The molecular weight excluding hydrogens is 408 g/mol. The Hall–Kier alpha value is -2.96. The van der Waals surface area contributed by atoms with Crippen LogP contribution in [0.4, 0.5) is 0 Å². The topological polar surface area (TPSA) is 66.5 Å². The van der Waals surface area contributed by atoms with Crippen molar-refractivity contribution >= 4 is 40.7 Å². The first kappa shape index (κ1) is 19.4. The molecule has 29 heavy (non-hydrogen) atoms. The Morgan fingerprint density at radius 2 is 1.59 bits per heavy atom. The highest BCUT2D eigenvalue weighted by atomic mass is 35.5. The molecule has 4 rings (SSSR count). The summed E-state index contributed by atoms with van der Waals surface area (Å²) in [7, 11) is 0. The summed E-state index contributed by atoms with van der Waals surface area (Å²) in [5.41, 5.74) is 2.42. The van der Waals surface area contributed by atoms with Crippen molar-refractivity contribution in [3.8, 4) is 0 Å². The first-order valence-electron chi connectivity index (χ1n) is 9.02. The Kier molecular flexibility index (Phi) is 5.22. The van der Waals surface area contributed by atoms with Gasteiger partial charge in [0.05, 0.1) is 17.2 Å². The van der Waals surface area contributed by atoms with Gasteiger partial charge < -0.3 is 5.32 Å². The molecule has 1 aliphatic heterocycles. The monoisotopic (exact) mass is 424 g/mol. The number of amides is 3. The van der Waals surface area contributed by atoms with Crippen molar-refractivity contribution in [1.82, 2.24) is 10.2 Å². The molecule has 3 amide bonds. The molecule has 5 nitrogen and oxygen atoms in total. The van der Waals surface area contributed by atoms with Gasteiger partial charge in [0.25, 0.3) is 11.8 Å². The van der Waals surface area contributed by atoms with Crippen LogP contribution in [0.25, 0.3) is 0 Å². The smallest absolute Gasteiger partial charge is 0.262 e. The molecular formula is C22H17ClN2O3S. The summed E-state index contributed by atoms with van der Waals surface area (Å²) in [6, 6.07) is 14.4. The van der Waals surface area contributed by atoms with Gasteiger partial charge in [0.2, 0.25) is 5.91 Å². The third-order valence-corrected chi connectivity index (χ3v) is 5.91. The first-order chi connectivity index (χ1) is 14.0. The molecule has 0 spiro atoms. The van der Waals surface area contributed by atoms with Crippen molar-refractivity contribution in [3.05, 3.63) is 92.6 Å². The number of hydrogen-bond donors (Lipinski definition) is 1. The van der Waals surface area contributed by atoms with Crippen molar-refractivity contribution in [1.29, 1.82) is 0 Å². The Balaban J connectivity index is 1.59. The zero-order chi connectivity index (χ0) is 20.5. The largest absolute Gasteiger partial charge is 0.343 e. The maximum absolute atomic E-state index is 13.0. The standard InChI is InChI=1S/C22H17ClN2O3S/c1-13(25-21(27)17-4-2-3-5-18(17)22(25)28)20(26)24-19(15-10-11-29-12-15)14-6-8-16(23)9-7-14/h2-13,19H,1H3,(H,24,26). The highest BCUT2D eigenvalue weighted by molar-refractivity contribution is 7.08. The lowest BCUT2D eigenvalue weighted by atomic mass is 10.0. The third kappa shape index (κ3) is 3.57. The van der Waals surface area contributed by atoms with Crippen LogP contribution in [0, 0.1) is 0 Å². The van der Waals surface area contributed by atoms with Gasteiger partial charge in [-0.3, -0.25) is 19.3 Å². The third-order valence-electron chi connectivity index (χ3n) is 4.96. The van der Waals surface area contributed by atoms with Gasteiger partial charge in [0, 0.05) is 5.02 Å². The predicted molar refractivity (Wildman–Crippen MR) is 112 cm³/mol. The predicted octanol–water partition coefficient (Wildman–Crippen LogP) is 4.29. The van der Waals surface area contributed by atoms with Crippen LogP contribution in [0.2, 0.25) is 5.02 Å². The van der Waals surface area contributed by atoms with E-state index in [9.17, 15) is 14.4 Å². The molecule has 2 heterocycles. The van der Waals surface area contributed by atoms with Crippen LogP contribution in [0.15, 0.2) is 65.4 Å². The maximum Gasteiger partial charge on any atom is 0.262 e. The summed E-state index contributed by atoms with van der Waals surface area (Å²) < 4.78 is 0. The molecule has 0 saturated heterocycles. The molecule has 2 aromatic carbocycles. The molecule has 7 heteroatoms. The van der Waals surface area contributed by atoms with Crippen molar-refractivity contribution < 1.29 is 14.4 Å². The molecule has 2 atom stereocenters. The van der Waals surface area contributed by atoms with Crippen LogP contribution in [0.1, 0.15) is 44.8 Å². The molecule has 1 aliphatic rings. The zero-order valence-electron chi connectivity index (χ0n) is 15.5. The normalized spacial score (nSPS) is 15.2. The van der Waals surface area contributed by atoms with Crippen LogP contribution in [-0.4, -0.2) is 28.7 Å². The van der Waals surface area contributed by atoms with Gasteiger partial charge in [-0.1, -0.05) is 35.9 Å². The van der Waals surface area contributed by atoms with E-state index in [0.717, 1.165) is 16.0 Å². The van der Waals surface area contributed by atoms with Crippen LogP contribution in [-0.2, 0) is 4.79 Å². The maximum atomic E-state index is 13.0. The average molecular weight is 425 g/mol. The molecule has 1 aromatic heterocycles. The Morgan fingerprint density at radius 1 is 0.966 bits per heavy atom. The lowest BCUT2D eigenvalue weighted by Gasteiger charge is -2.25. The number of rotatable bonds is 5. The number of imide groups is 1. The molecule has 0 aliphatic carbocycles. The highest BCUT2D eigenvalue weighted by Gasteiger charge is 2.41. The molecule has 0 radical (unpaired) electrons. The van der Waals surface area contributed by atoms with Crippen molar-refractivity contribution in [2.45, 2.75) is 19.0 Å². The van der Waals surface area contributed by atoms with E-state index in [2.05, 4.69) is 5.32 Å². The fourth-order valence-electron chi connectivity index (χ4n) is 3.39. The second-order valence-corrected chi connectivity index (χ2v) is 7.97. The van der Waals surface area contributed by atoms with E-state index in [1.54, 1.807) is 43.3 Å². The van der Waals surface area contributed by atoms with Gasteiger partial charge in [-0.2, -0.15) is 11.3 Å². The number of carbonyl (C=O) groups excluding carboxylic acids is 3. The second kappa shape index (κ2) is 7.81. The number of fused-ring (bicyclic) bond motifs is 1. The Labute approximate surface area is 176 Å². The van der Waals surface area contributed by atoms with E-state index >= 15 is 0 Å². The van der Waals surface area contributed by atoms with E-state index in [0.29, 0.717) is 16.1 Å². The minimum Gasteiger partial charge on any atom is -0.343 e. The number of carbonyl (C=O) groups is 3. The fraction of sp³-hybridized carbons (Fsp3) is 0.136. The van der Waals surface area contributed by atoms with Crippen LogP contribution >= 0.6 is 22.9 Å². The molecule has 0 fully saturated rings. The lowest BCUT2D eigenvalue weighted by Crippen LogP contribution is -2.48. The van der Waals surface area contributed by atoms with Gasteiger partial charge in [-0.15, -0.1) is 0 Å².